The molecule has 2 N–H and O–H groups in total. The van der Waals surface area contributed by atoms with Crippen LogP contribution in [0.3, 0.4) is 0 Å². The number of likely N-dealkylation sites (tertiary alicyclic amines) is 1. The third-order valence-electron chi connectivity index (χ3n) is 5.13. The van der Waals surface area contributed by atoms with Crippen LogP contribution in [0.5, 0.6) is 5.75 Å². The lowest BCUT2D eigenvalue weighted by atomic mass is 10.1. The van der Waals surface area contributed by atoms with Gasteiger partial charge < -0.3 is 15.0 Å². The average Bonchev–Trinajstić information content (AvgIpc) is 3.29. The van der Waals surface area contributed by atoms with Crippen molar-refractivity contribution >= 4 is 50.8 Å². The number of halogens is 1. The first-order chi connectivity index (χ1) is 15.3. The van der Waals surface area contributed by atoms with Crippen LogP contribution in [0.2, 0.25) is 0 Å². The Hall–Kier alpha value is -2.45. The van der Waals surface area contributed by atoms with E-state index >= 15 is 0 Å². The number of rotatable bonds is 7. The number of hydrogen-bond acceptors (Lipinski definition) is 4. The third-order valence-corrected chi connectivity index (χ3v) is 5.82. The predicted octanol–water partition coefficient (Wildman–Crippen LogP) is 5.24. The van der Waals surface area contributed by atoms with Crippen LogP contribution in [-0.4, -0.2) is 41.5 Å². The Bertz CT molecular complexity index is 990. The van der Waals surface area contributed by atoms with Crippen LogP contribution in [0, 0.1) is 5.92 Å². The molecule has 0 aromatic heterocycles. The van der Waals surface area contributed by atoms with Crippen molar-refractivity contribution in [2.75, 3.05) is 25.0 Å². The fourth-order valence-corrected chi connectivity index (χ4v) is 3.95. The van der Waals surface area contributed by atoms with Gasteiger partial charge in [0.15, 0.2) is 5.11 Å². The summed E-state index contributed by atoms with van der Waals surface area (Å²) < 4.78 is 6.60. The molecule has 2 aromatic rings. The third kappa shape index (κ3) is 6.77. The summed E-state index contributed by atoms with van der Waals surface area (Å²) in [5, 5.41) is 5.84. The van der Waals surface area contributed by atoms with Gasteiger partial charge >= 0.3 is 0 Å². The minimum absolute atomic E-state index is 0.0124. The standard InChI is InChI=1S/C24H28BrN3O3S/c1-16(2)10-13-31-21-9-8-18(25)15-20(21)22(29)27-24(32)26-19-7-5-6-17(14-19)23(30)28-11-3-4-12-28/h5-9,14-16H,3-4,10-13H2,1-2H3,(H2,26,27,29,32). The number of benzene rings is 2. The maximum Gasteiger partial charge on any atom is 0.261 e. The lowest BCUT2D eigenvalue weighted by Gasteiger charge is -2.16. The zero-order chi connectivity index (χ0) is 23.1. The molecule has 1 saturated heterocycles. The Morgan fingerprint density at radius 3 is 2.62 bits per heavy atom. The van der Waals surface area contributed by atoms with Crippen LogP contribution in [-0.2, 0) is 0 Å². The van der Waals surface area contributed by atoms with Crippen molar-refractivity contribution in [3.05, 3.63) is 58.1 Å². The molecule has 0 bridgehead atoms. The van der Waals surface area contributed by atoms with Gasteiger partial charge in [-0.3, -0.25) is 14.9 Å². The molecule has 2 amide bonds. The summed E-state index contributed by atoms with van der Waals surface area (Å²) in [4.78, 5) is 27.3. The zero-order valence-electron chi connectivity index (χ0n) is 18.3. The number of thiocarbonyl (C=S) groups is 1. The van der Waals surface area contributed by atoms with Gasteiger partial charge in [-0.15, -0.1) is 0 Å². The summed E-state index contributed by atoms with van der Waals surface area (Å²) in [6, 6.07) is 12.4. The highest BCUT2D eigenvalue weighted by molar-refractivity contribution is 9.10. The van der Waals surface area contributed by atoms with E-state index in [0.29, 0.717) is 35.1 Å². The first kappa shape index (κ1) is 24.2. The van der Waals surface area contributed by atoms with Crippen molar-refractivity contribution in [3.8, 4) is 5.75 Å². The highest BCUT2D eigenvalue weighted by Crippen LogP contribution is 2.24. The van der Waals surface area contributed by atoms with Crippen molar-refractivity contribution in [2.45, 2.75) is 33.1 Å². The Morgan fingerprint density at radius 2 is 1.91 bits per heavy atom. The summed E-state index contributed by atoms with van der Waals surface area (Å²) in [5.74, 6) is 0.658. The highest BCUT2D eigenvalue weighted by atomic mass is 79.9. The molecule has 0 spiro atoms. The van der Waals surface area contributed by atoms with E-state index in [-0.39, 0.29) is 16.9 Å². The smallest absolute Gasteiger partial charge is 0.261 e. The first-order valence-corrected chi connectivity index (χ1v) is 12.0. The van der Waals surface area contributed by atoms with Gasteiger partial charge in [-0.1, -0.05) is 35.8 Å². The highest BCUT2D eigenvalue weighted by Gasteiger charge is 2.20. The zero-order valence-corrected chi connectivity index (χ0v) is 20.7. The summed E-state index contributed by atoms with van der Waals surface area (Å²) >= 11 is 8.74. The second-order valence-corrected chi connectivity index (χ2v) is 9.48. The summed E-state index contributed by atoms with van der Waals surface area (Å²) in [7, 11) is 0. The first-order valence-electron chi connectivity index (χ1n) is 10.8. The molecule has 8 heteroatoms. The minimum atomic E-state index is -0.368. The van der Waals surface area contributed by atoms with E-state index < -0.39 is 0 Å². The Morgan fingerprint density at radius 1 is 1.16 bits per heavy atom. The molecule has 2 aromatic carbocycles. The number of amides is 2. The van der Waals surface area contributed by atoms with E-state index in [9.17, 15) is 9.59 Å². The molecule has 1 aliphatic heterocycles. The average molecular weight is 518 g/mol. The van der Waals surface area contributed by atoms with Crippen molar-refractivity contribution in [2.24, 2.45) is 5.92 Å². The topological polar surface area (TPSA) is 70.7 Å². The van der Waals surface area contributed by atoms with Crippen LogP contribution < -0.4 is 15.4 Å². The summed E-state index contributed by atoms with van der Waals surface area (Å²) in [6.07, 6.45) is 2.97. The van der Waals surface area contributed by atoms with E-state index in [0.717, 1.165) is 36.8 Å². The van der Waals surface area contributed by atoms with Crippen LogP contribution in [0.25, 0.3) is 0 Å². The lowest BCUT2D eigenvalue weighted by Crippen LogP contribution is -2.34. The molecular formula is C24H28BrN3O3S. The van der Waals surface area contributed by atoms with Crippen molar-refractivity contribution < 1.29 is 14.3 Å². The maximum atomic E-state index is 12.9. The summed E-state index contributed by atoms with van der Waals surface area (Å²) in [5.41, 5.74) is 1.63. The molecule has 0 aliphatic carbocycles. The Kier molecular flexibility index (Phi) is 8.64. The van der Waals surface area contributed by atoms with E-state index in [4.69, 9.17) is 17.0 Å². The molecule has 0 saturated carbocycles. The molecular weight excluding hydrogens is 490 g/mol. The molecule has 0 atom stereocenters. The van der Waals surface area contributed by atoms with Gasteiger partial charge in [0.1, 0.15) is 5.75 Å². The normalized spacial score (nSPS) is 13.2. The maximum absolute atomic E-state index is 12.9. The van der Waals surface area contributed by atoms with E-state index in [1.807, 2.05) is 11.0 Å². The Labute approximate surface area is 202 Å². The van der Waals surface area contributed by atoms with Gasteiger partial charge in [0.05, 0.1) is 12.2 Å². The van der Waals surface area contributed by atoms with E-state index in [1.54, 1.807) is 36.4 Å². The summed E-state index contributed by atoms with van der Waals surface area (Å²) in [6.45, 7) is 6.35. The van der Waals surface area contributed by atoms with Crippen LogP contribution in [0.15, 0.2) is 46.9 Å². The van der Waals surface area contributed by atoms with Gasteiger partial charge in [-0.2, -0.15) is 0 Å². The quantitative estimate of drug-likeness (QED) is 0.491. The molecule has 1 aliphatic rings. The number of hydrogen-bond donors (Lipinski definition) is 2. The van der Waals surface area contributed by atoms with Gasteiger partial charge in [-0.05, 0) is 73.8 Å². The molecule has 32 heavy (non-hydrogen) atoms. The number of carbonyl (C=O) groups is 2. The van der Waals surface area contributed by atoms with Crippen molar-refractivity contribution in [3.63, 3.8) is 0 Å². The fourth-order valence-electron chi connectivity index (χ4n) is 3.38. The lowest BCUT2D eigenvalue weighted by molar-refractivity contribution is 0.0792. The largest absolute Gasteiger partial charge is 0.493 e. The van der Waals surface area contributed by atoms with Crippen LogP contribution in [0.1, 0.15) is 53.8 Å². The molecule has 170 valence electrons. The molecule has 0 unspecified atom stereocenters. The van der Waals surface area contributed by atoms with Gasteiger partial charge in [-0.25, -0.2) is 0 Å². The second-order valence-electron chi connectivity index (χ2n) is 8.16. The SMILES string of the molecule is CC(C)CCOc1ccc(Br)cc1C(=O)NC(=S)Nc1cccc(C(=O)N2CCCC2)c1. The predicted molar refractivity (Wildman–Crippen MR) is 134 cm³/mol. The van der Waals surface area contributed by atoms with Crippen LogP contribution in [0.4, 0.5) is 5.69 Å². The van der Waals surface area contributed by atoms with E-state index in [2.05, 4.69) is 40.4 Å². The van der Waals surface area contributed by atoms with Gasteiger partial charge in [0.2, 0.25) is 0 Å². The molecule has 0 radical (unpaired) electrons. The fraction of sp³-hybridized carbons (Fsp3) is 0.375. The van der Waals surface area contributed by atoms with Gasteiger partial charge in [0, 0.05) is 28.8 Å². The molecule has 1 fully saturated rings. The van der Waals surface area contributed by atoms with Crippen LogP contribution >= 0.6 is 28.1 Å². The molecule has 3 rings (SSSR count). The molecule has 6 nitrogen and oxygen atoms in total. The molecule has 1 heterocycles. The number of nitrogens with one attached hydrogen (secondary N) is 2. The van der Waals surface area contributed by atoms with Crippen molar-refractivity contribution in [1.82, 2.24) is 10.2 Å². The second kappa shape index (κ2) is 11.4. The van der Waals surface area contributed by atoms with Gasteiger partial charge in [0.25, 0.3) is 11.8 Å². The number of ether oxygens (including phenoxy) is 1. The monoisotopic (exact) mass is 517 g/mol. The Balaban J connectivity index is 1.64. The number of carbonyl (C=O) groups excluding carboxylic acids is 2. The van der Waals surface area contributed by atoms with E-state index in [1.165, 1.54) is 0 Å². The number of nitrogens with zero attached hydrogens (tertiary/aromatic N) is 1. The minimum Gasteiger partial charge on any atom is -0.493 e. The number of anilines is 1. The van der Waals surface area contributed by atoms with Crippen molar-refractivity contribution in [1.29, 1.82) is 0 Å².